The highest BCUT2D eigenvalue weighted by atomic mass is 79.9. The highest BCUT2D eigenvalue weighted by Gasteiger charge is 2.18. The van der Waals surface area contributed by atoms with Crippen LogP contribution in [0.5, 0.6) is 0 Å². The number of rotatable bonds is 6. The summed E-state index contributed by atoms with van der Waals surface area (Å²) in [6, 6.07) is 2.94. The van der Waals surface area contributed by atoms with Gasteiger partial charge in [-0.2, -0.15) is 0 Å². The minimum atomic E-state index is -0.482. The highest BCUT2D eigenvalue weighted by molar-refractivity contribution is 9.10. The lowest BCUT2D eigenvalue weighted by molar-refractivity contribution is 0.387. The fourth-order valence-corrected chi connectivity index (χ4v) is 2.20. The Morgan fingerprint density at radius 1 is 1.28 bits per heavy atom. The van der Waals surface area contributed by atoms with E-state index < -0.39 is 11.6 Å². The minimum Gasteiger partial charge on any atom is -0.314 e. The van der Waals surface area contributed by atoms with Crippen molar-refractivity contribution in [3.8, 4) is 0 Å². The van der Waals surface area contributed by atoms with E-state index in [1.165, 1.54) is 12.1 Å². The summed E-state index contributed by atoms with van der Waals surface area (Å²) in [4.78, 5) is 0. The fourth-order valence-electron chi connectivity index (χ4n) is 1.83. The van der Waals surface area contributed by atoms with Gasteiger partial charge in [0.1, 0.15) is 11.6 Å². The lowest BCUT2D eigenvalue weighted by Gasteiger charge is -2.21. The van der Waals surface area contributed by atoms with E-state index in [4.69, 9.17) is 0 Å². The van der Waals surface area contributed by atoms with Crippen LogP contribution in [0.4, 0.5) is 8.78 Å². The van der Waals surface area contributed by atoms with Crippen molar-refractivity contribution in [2.24, 2.45) is 5.92 Å². The van der Waals surface area contributed by atoms with Crippen LogP contribution < -0.4 is 5.32 Å². The molecule has 4 heteroatoms. The van der Waals surface area contributed by atoms with Crippen molar-refractivity contribution in [1.29, 1.82) is 0 Å². The molecule has 0 aromatic heterocycles. The second-order valence-corrected chi connectivity index (χ2v) is 5.60. The van der Waals surface area contributed by atoms with Crippen molar-refractivity contribution in [3.63, 3.8) is 0 Å². The Hall–Kier alpha value is -0.480. The molecule has 1 aromatic rings. The molecule has 1 aromatic carbocycles. The molecule has 0 saturated heterocycles. The third-order valence-corrected chi connectivity index (χ3v) is 3.85. The van der Waals surface area contributed by atoms with E-state index in [1.54, 1.807) is 0 Å². The number of nitrogens with one attached hydrogen (secondary N) is 1. The van der Waals surface area contributed by atoms with Crippen LogP contribution in [0.15, 0.2) is 16.6 Å². The van der Waals surface area contributed by atoms with Crippen molar-refractivity contribution >= 4 is 15.9 Å². The summed E-state index contributed by atoms with van der Waals surface area (Å²) in [6.07, 6.45) is 1.45. The largest absolute Gasteiger partial charge is 0.314 e. The van der Waals surface area contributed by atoms with Crippen LogP contribution in [-0.2, 0) is 6.42 Å². The SMILES string of the molecule is CCCNC(C)C(C)Cc1c(F)ccc(Br)c1F. The van der Waals surface area contributed by atoms with Gasteiger partial charge in [0.2, 0.25) is 0 Å². The molecule has 0 spiro atoms. The Labute approximate surface area is 116 Å². The van der Waals surface area contributed by atoms with Crippen molar-refractivity contribution in [2.45, 2.75) is 39.7 Å². The van der Waals surface area contributed by atoms with Crippen LogP contribution in [0, 0.1) is 17.6 Å². The van der Waals surface area contributed by atoms with Gasteiger partial charge in [-0.3, -0.25) is 0 Å². The summed E-state index contributed by atoms with van der Waals surface area (Å²) in [5.74, 6) is -0.773. The van der Waals surface area contributed by atoms with Crippen LogP contribution in [0.3, 0.4) is 0 Å². The molecule has 0 saturated carbocycles. The zero-order valence-corrected chi connectivity index (χ0v) is 12.7. The first kappa shape index (κ1) is 15.6. The Morgan fingerprint density at radius 2 is 1.94 bits per heavy atom. The number of hydrogen-bond donors (Lipinski definition) is 1. The minimum absolute atomic E-state index is 0.169. The second kappa shape index (κ2) is 7.19. The van der Waals surface area contributed by atoms with Gasteiger partial charge in [0.25, 0.3) is 0 Å². The molecular weight excluding hydrogens is 300 g/mol. The van der Waals surface area contributed by atoms with Crippen molar-refractivity contribution in [1.82, 2.24) is 5.32 Å². The predicted molar refractivity (Wildman–Crippen MR) is 74.7 cm³/mol. The molecule has 102 valence electrons. The van der Waals surface area contributed by atoms with E-state index in [0.29, 0.717) is 10.9 Å². The number of halogens is 3. The third kappa shape index (κ3) is 4.02. The van der Waals surface area contributed by atoms with Gasteiger partial charge in [0.15, 0.2) is 0 Å². The van der Waals surface area contributed by atoms with Gasteiger partial charge < -0.3 is 5.32 Å². The summed E-state index contributed by atoms with van der Waals surface area (Å²) in [5, 5.41) is 3.35. The normalized spacial score (nSPS) is 14.6. The molecule has 0 heterocycles. The first-order chi connectivity index (χ1) is 8.47. The summed E-state index contributed by atoms with van der Waals surface area (Å²) in [5.41, 5.74) is 0.169. The molecular formula is C14H20BrF2N. The molecule has 0 aliphatic carbocycles. The third-order valence-electron chi connectivity index (χ3n) is 3.23. The summed E-state index contributed by atoms with van der Waals surface area (Å²) >= 11 is 3.09. The maximum atomic E-state index is 13.8. The molecule has 0 amide bonds. The Bertz CT molecular complexity index is 396. The van der Waals surface area contributed by atoms with Crippen molar-refractivity contribution in [3.05, 3.63) is 33.8 Å². The molecule has 0 bridgehead atoms. The topological polar surface area (TPSA) is 12.0 Å². The average molecular weight is 320 g/mol. The van der Waals surface area contributed by atoms with Crippen molar-refractivity contribution < 1.29 is 8.78 Å². The quantitative estimate of drug-likeness (QED) is 0.771. The Morgan fingerprint density at radius 3 is 2.56 bits per heavy atom. The Kier molecular flexibility index (Phi) is 6.22. The van der Waals surface area contributed by atoms with Crippen LogP contribution in [0.2, 0.25) is 0 Å². The van der Waals surface area contributed by atoms with Crippen LogP contribution in [0.1, 0.15) is 32.8 Å². The van der Waals surface area contributed by atoms with E-state index >= 15 is 0 Å². The lowest BCUT2D eigenvalue weighted by Crippen LogP contribution is -2.34. The first-order valence-electron chi connectivity index (χ1n) is 6.33. The molecule has 0 aliphatic rings. The molecule has 1 nitrogen and oxygen atoms in total. The van der Waals surface area contributed by atoms with E-state index in [2.05, 4.69) is 28.2 Å². The summed E-state index contributed by atoms with van der Waals surface area (Å²) in [7, 11) is 0. The van der Waals surface area contributed by atoms with Gasteiger partial charge in [-0.25, -0.2) is 8.78 Å². The zero-order chi connectivity index (χ0) is 13.7. The predicted octanol–water partition coefficient (Wildman–Crippen LogP) is 4.29. The van der Waals surface area contributed by atoms with Gasteiger partial charge in [-0.15, -0.1) is 0 Å². The van der Waals surface area contributed by atoms with E-state index in [-0.39, 0.29) is 17.5 Å². The lowest BCUT2D eigenvalue weighted by atomic mass is 9.94. The molecule has 2 unspecified atom stereocenters. The van der Waals surface area contributed by atoms with E-state index in [9.17, 15) is 8.78 Å². The molecule has 2 atom stereocenters. The molecule has 0 radical (unpaired) electrons. The first-order valence-corrected chi connectivity index (χ1v) is 7.12. The molecule has 0 fully saturated rings. The summed E-state index contributed by atoms with van der Waals surface area (Å²) in [6.45, 7) is 7.08. The van der Waals surface area contributed by atoms with Gasteiger partial charge in [-0.1, -0.05) is 13.8 Å². The maximum absolute atomic E-state index is 13.8. The van der Waals surface area contributed by atoms with Crippen molar-refractivity contribution in [2.75, 3.05) is 6.54 Å². The van der Waals surface area contributed by atoms with Crippen LogP contribution in [0.25, 0.3) is 0 Å². The highest BCUT2D eigenvalue weighted by Crippen LogP contribution is 2.24. The average Bonchev–Trinajstić information content (AvgIpc) is 2.36. The molecule has 0 aliphatic heterocycles. The van der Waals surface area contributed by atoms with E-state index in [0.717, 1.165) is 13.0 Å². The molecule has 1 rings (SSSR count). The fraction of sp³-hybridized carbons (Fsp3) is 0.571. The number of hydrogen-bond acceptors (Lipinski definition) is 1. The summed E-state index contributed by atoms with van der Waals surface area (Å²) < 4.78 is 27.8. The van der Waals surface area contributed by atoms with Crippen LogP contribution in [-0.4, -0.2) is 12.6 Å². The number of benzene rings is 1. The standard InChI is InChI=1S/C14H20BrF2N/c1-4-7-18-10(3)9(2)8-11-13(16)6-5-12(15)14(11)17/h5-6,9-10,18H,4,7-8H2,1-3H3. The zero-order valence-electron chi connectivity index (χ0n) is 11.1. The second-order valence-electron chi connectivity index (χ2n) is 4.75. The Balaban J connectivity index is 2.75. The smallest absolute Gasteiger partial charge is 0.143 e. The van der Waals surface area contributed by atoms with Crippen LogP contribution >= 0.6 is 15.9 Å². The van der Waals surface area contributed by atoms with Gasteiger partial charge in [-0.05, 0) is 60.3 Å². The van der Waals surface area contributed by atoms with Gasteiger partial charge >= 0.3 is 0 Å². The van der Waals surface area contributed by atoms with Gasteiger partial charge in [0.05, 0.1) is 4.47 Å². The molecule has 1 N–H and O–H groups in total. The maximum Gasteiger partial charge on any atom is 0.143 e. The van der Waals surface area contributed by atoms with Gasteiger partial charge in [0, 0.05) is 11.6 Å². The molecule has 18 heavy (non-hydrogen) atoms. The van der Waals surface area contributed by atoms with E-state index in [1.807, 2.05) is 13.8 Å². The monoisotopic (exact) mass is 319 g/mol.